The lowest BCUT2D eigenvalue weighted by Gasteiger charge is -2.09. The van der Waals surface area contributed by atoms with Crippen molar-refractivity contribution in [2.45, 2.75) is 6.92 Å². The fourth-order valence-electron chi connectivity index (χ4n) is 3.23. The van der Waals surface area contributed by atoms with Gasteiger partial charge in [-0.2, -0.15) is 5.26 Å². The number of carbonyl (C=O) groups is 1. The summed E-state index contributed by atoms with van der Waals surface area (Å²) < 4.78 is 7.38. The molecule has 0 saturated heterocycles. The van der Waals surface area contributed by atoms with Crippen LogP contribution in [0, 0.1) is 11.3 Å². The zero-order chi connectivity index (χ0) is 19.0. The molecule has 0 bridgehead atoms. The number of nitrogens with zero attached hydrogens (tertiary/aromatic N) is 1. The molecule has 4 rings (SSSR count). The van der Waals surface area contributed by atoms with Crippen LogP contribution < -0.4 is 4.74 Å². The van der Waals surface area contributed by atoms with Gasteiger partial charge in [-0.15, -0.1) is 11.3 Å². The van der Waals surface area contributed by atoms with E-state index in [4.69, 9.17) is 10.00 Å². The molecule has 132 valence electrons. The van der Waals surface area contributed by atoms with E-state index in [1.165, 1.54) is 0 Å². The third kappa shape index (κ3) is 3.12. The molecule has 1 heterocycles. The van der Waals surface area contributed by atoms with Crippen LogP contribution in [0.4, 0.5) is 0 Å². The van der Waals surface area contributed by atoms with Gasteiger partial charge in [0.2, 0.25) is 0 Å². The Balaban J connectivity index is 1.88. The lowest BCUT2D eigenvalue weighted by atomic mass is 10.0. The molecule has 3 nitrogen and oxygen atoms in total. The molecular weight excluding hydrogens is 422 g/mol. The molecular formula is C22H14BrNO2S. The first-order chi connectivity index (χ1) is 13.1. The molecule has 3 aromatic carbocycles. The topological polar surface area (TPSA) is 50.1 Å². The van der Waals surface area contributed by atoms with Gasteiger partial charge in [-0.3, -0.25) is 4.79 Å². The zero-order valence-corrected chi connectivity index (χ0v) is 16.9. The Morgan fingerprint density at radius 1 is 1.15 bits per heavy atom. The molecule has 0 fully saturated rings. The molecule has 0 aliphatic rings. The summed E-state index contributed by atoms with van der Waals surface area (Å²) in [6.07, 6.45) is 0. The number of nitriles is 1. The van der Waals surface area contributed by atoms with E-state index in [2.05, 4.69) is 22.0 Å². The van der Waals surface area contributed by atoms with Crippen LogP contribution in [-0.4, -0.2) is 12.4 Å². The quantitative estimate of drug-likeness (QED) is 0.339. The summed E-state index contributed by atoms with van der Waals surface area (Å²) in [5, 5.41) is 11.8. The van der Waals surface area contributed by atoms with Gasteiger partial charge in [0.05, 0.1) is 4.47 Å². The standard InChI is InChI=1S/C22H14BrNO2S/c1-13(25)20-17-4-2-3-5-19(17)27-22(20)15-6-8-16-14(12-15)7-9-18(21(16)23)26-11-10-24/h2-9,12H,11H2,1H3. The van der Waals surface area contributed by atoms with Gasteiger partial charge in [0.1, 0.15) is 11.8 Å². The largest absolute Gasteiger partial charge is 0.478 e. The van der Waals surface area contributed by atoms with E-state index in [9.17, 15) is 4.79 Å². The normalized spacial score (nSPS) is 10.9. The smallest absolute Gasteiger partial charge is 0.174 e. The minimum Gasteiger partial charge on any atom is -0.478 e. The van der Waals surface area contributed by atoms with Crippen LogP contribution in [0.5, 0.6) is 5.75 Å². The van der Waals surface area contributed by atoms with Crippen LogP contribution in [-0.2, 0) is 0 Å². The Morgan fingerprint density at radius 3 is 2.74 bits per heavy atom. The summed E-state index contributed by atoms with van der Waals surface area (Å²) in [6.45, 7) is 1.63. The minimum absolute atomic E-state index is 0.00590. The fraction of sp³-hybridized carbons (Fsp3) is 0.0909. The highest BCUT2D eigenvalue weighted by Crippen LogP contribution is 2.41. The highest BCUT2D eigenvalue weighted by Gasteiger charge is 2.17. The number of Topliss-reactive ketones (excluding diaryl/α,β-unsaturated/α-hetero) is 1. The number of benzene rings is 3. The van der Waals surface area contributed by atoms with E-state index in [0.29, 0.717) is 5.75 Å². The predicted octanol–water partition coefficient (Wildman–Crippen LogP) is 6.59. The van der Waals surface area contributed by atoms with E-state index in [1.54, 1.807) is 18.3 Å². The molecule has 0 radical (unpaired) electrons. The zero-order valence-electron chi connectivity index (χ0n) is 14.5. The lowest BCUT2D eigenvalue weighted by Crippen LogP contribution is -1.95. The highest BCUT2D eigenvalue weighted by atomic mass is 79.9. The summed E-state index contributed by atoms with van der Waals surface area (Å²) in [7, 11) is 0. The van der Waals surface area contributed by atoms with Crippen LogP contribution in [0.2, 0.25) is 0 Å². The molecule has 0 spiro atoms. The minimum atomic E-state index is 0.00590. The maximum atomic E-state index is 12.3. The maximum absolute atomic E-state index is 12.3. The fourth-order valence-corrected chi connectivity index (χ4v) is 5.09. The molecule has 0 atom stereocenters. The second kappa shape index (κ2) is 7.15. The Morgan fingerprint density at radius 2 is 1.96 bits per heavy atom. The number of ether oxygens (including phenoxy) is 1. The molecule has 0 amide bonds. The lowest BCUT2D eigenvalue weighted by molar-refractivity contribution is 0.102. The van der Waals surface area contributed by atoms with Crippen LogP contribution in [0.3, 0.4) is 0 Å². The van der Waals surface area contributed by atoms with Crippen LogP contribution in [0.1, 0.15) is 17.3 Å². The van der Waals surface area contributed by atoms with Gasteiger partial charge >= 0.3 is 0 Å². The van der Waals surface area contributed by atoms with Crippen molar-refractivity contribution >= 4 is 53.9 Å². The van der Waals surface area contributed by atoms with E-state index in [0.717, 1.165) is 41.3 Å². The van der Waals surface area contributed by atoms with Gasteiger partial charge in [-0.25, -0.2) is 0 Å². The number of hydrogen-bond donors (Lipinski definition) is 0. The molecule has 1 aromatic heterocycles. The van der Waals surface area contributed by atoms with Crippen LogP contribution >= 0.6 is 27.3 Å². The van der Waals surface area contributed by atoms with Gasteiger partial charge < -0.3 is 4.74 Å². The predicted molar refractivity (Wildman–Crippen MR) is 114 cm³/mol. The molecule has 0 aliphatic heterocycles. The van der Waals surface area contributed by atoms with Crippen molar-refractivity contribution in [1.29, 1.82) is 5.26 Å². The van der Waals surface area contributed by atoms with Crippen molar-refractivity contribution in [3.63, 3.8) is 0 Å². The molecule has 0 aliphatic carbocycles. The summed E-state index contributed by atoms with van der Waals surface area (Å²) in [5.41, 5.74) is 1.80. The van der Waals surface area contributed by atoms with Crippen LogP contribution in [0.15, 0.2) is 59.1 Å². The molecule has 4 aromatic rings. The average Bonchev–Trinajstić information content (AvgIpc) is 3.07. The number of halogens is 1. The Hall–Kier alpha value is -2.68. The molecule has 5 heteroatoms. The summed E-state index contributed by atoms with van der Waals surface area (Å²) in [6, 6.07) is 19.9. The third-order valence-corrected chi connectivity index (χ3v) is 6.46. The Kier molecular flexibility index (Phi) is 4.69. The number of rotatable bonds is 4. The molecule has 0 saturated carbocycles. The van der Waals surface area contributed by atoms with Gasteiger partial charge in [0, 0.05) is 20.5 Å². The second-order valence-electron chi connectivity index (χ2n) is 6.12. The summed E-state index contributed by atoms with van der Waals surface area (Å²) >= 11 is 5.21. The van der Waals surface area contributed by atoms with E-state index in [1.807, 2.05) is 54.6 Å². The van der Waals surface area contributed by atoms with Gasteiger partial charge in [0.25, 0.3) is 0 Å². The van der Waals surface area contributed by atoms with Crippen LogP contribution in [0.25, 0.3) is 31.3 Å². The van der Waals surface area contributed by atoms with Crippen molar-refractivity contribution in [2.75, 3.05) is 6.61 Å². The number of hydrogen-bond acceptors (Lipinski definition) is 4. The molecule has 0 unspecified atom stereocenters. The van der Waals surface area contributed by atoms with Gasteiger partial charge in [-0.1, -0.05) is 36.4 Å². The van der Waals surface area contributed by atoms with Crippen molar-refractivity contribution in [3.8, 4) is 22.3 Å². The monoisotopic (exact) mass is 435 g/mol. The SMILES string of the molecule is CC(=O)c1c(-c2ccc3c(Br)c(OCC#N)ccc3c2)sc2ccccc12. The van der Waals surface area contributed by atoms with Gasteiger partial charge in [0.15, 0.2) is 12.4 Å². The number of thiophene rings is 1. The first-order valence-corrected chi connectivity index (χ1v) is 9.96. The van der Waals surface area contributed by atoms with Crippen molar-refractivity contribution in [2.24, 2.45) is 0 Å². The summed E-state index contributed by atoms with van der Waals surface area (Å²) in [5.74, 6) is 0.715. The first kappa shape index (κ1) is 17.7. The number of ketones is 1. The van der Waals surface area contributed by atoms with Gasteiger partial charge in [-0.05, 0) is 57.4 Å². The third-order valence-electron chi connectivity index (χ3n) is 4.42. The second-order valence-corrected chi connectivity index (χ2v) is 7.96. The number of carbonyl (C=O) groups excluding carboxylic acids is 1. The maximum Gasteiger partial charge on any atom is 0.174 e. The van der Waals surface area contributed by atoms with Crippen molar-refractivity contribution in [1.82, 2.24) is 0 Å². The Labute approximate surface area is 168 Å². The van der Waals surface area contributed by atoms with Crippen molar-refractivity contribution < 1.29 is 9.53 Å². The van der Waals surface area contributed by atoms with E-state index < -0.39 is 0 Å². The highest BCUT2D eigenvalue weighted by molar-refractivity contribution is 9.10. The number of fused-ring (bicyclic) bond motifs is 2. The van der Waals surface area contributed by atoms with E-state index in [-0.39, 0.29) is 12.4 Å². The molecule has 27 heavy (non-hydrogen) atoms. The van der Waals surface area contributed by atoms with E-state index >= 15 is 0 Å². The van der Waals surface area contributed by atoms with Crippen molar-refractivity contribution in [3.05, 3.63) is 64.6 Å². The molecule has 0 N–H and O–H groups in total. The first-order valence-electron chi connectivity index (χ1n) is 8.35. The Bertz CT molecular complexity index is 1240. The summed E-state index contributed by atoms with van der Waals surface area (Å²) in [4.78, 5) is 13.3. The average molecular weight is 436 g/mol.